The van der Waals surface area contributed by atoms with Crippen LogP contribution in [0.1, 0.15) is 39.5 Å². The lowest BCUT2D eigenvalue weighted by atomic mass is 10.2. The van der Waals surface area contributed by atoms with Crippen molar-refractivity contribution in [1.29, 1.82) is 0 Å². The second-order valence-corrected chi connectivity index (χ2v) is 4.43. The Morgan fingerprint density at radius 2 is 1.59 bits per heavy atom. The lowest BCUT2D eigenvalue weighted by molar-refractivity contribution is -0.834. The molecule has 0 saturated heterocycles. The summed E-state index contributed by atoms with van der Waals surface area (Å²) < 4.78 is 26.9. The van der Waals surface area contributed by atoms with Crippen LogP contribution in [-0.4, -0.2) is 13.1 Å². The molecule has 0 radical (unpaired) electrons. The molecule has 96 valence electrons. The summed E-state index contributed by atoms with van der Waals surface area (Å²) in [6.45, 7) is 5.96. The highest BCUT2D eigenvalue weighted by Crippen LogP contribution is 2.11. The fourth-order valence-electron chi connectivity index (χ4n) is 1.94. The average Bonchev–Trinajstić information content (AvgIpc) is 2.33. The Labute approximate surface area is 102 Å². The first kappa shape index (κ1) is 14.1. The van der Waals surface area contributed by atoms with Gasteiger partial charge in [-0.05, 0) is 25.0 Å². The molecule has 0 amide bonds. The summed E-state index contributed by atoms with van der Waals surface area (Å²) in [6.07, 6.45) is 4.23. The van der Waals surface area contributed by atoms with Crippen molar-refractivity contribution < 1.29 is 13.7 Å². The van der Waals surface area contributed by atoms with E-state index in [0.717, 1.165) is 43.7 Å². The van der Waals surface area contributed by atoms with Gasteiger partial charge in [-0.3, -0.25) is 4.90 Å². The summed E-state index contributed by atoms with van der Waals surface area (Å²) in [4.78, 5) is 1.06. The number of hydrogen-bond donors (Lipinski definition) is 1. The van der Waals surface area contributed by atoms with Crippen molar-refractivity contribution >= 4 is 5.69 Å². The first-order valence-corrected chi connectivity index (χ1v) is 6.49. The zero-order valence-corrected chi connectivity index (χ0v) is 10.7. The first-order chi connectivity index (χ1) is 8.19. The minimum Gasteiger partial charge on any atom is -0.300 e. The number of quaternary nitrogens is 1. The molecule has 1 aromatic carbocycles. The maximum absolute atomic E-state index is 13.7. The number of nitrogens with one attached hydrogen (secondary N) is 1. The Morgan fingerprint density at radius 3 is 2.12 bits per heavy atom. The van der Waals surface area contributed by atoms with Crippen LogP contribution in [0, 0.1) is 11.6 Å². The summed E-state index contributed by atoms with van der Waals surface area (Å²) >= 11 is 0. The third-order valence-electron chi connectivity index (χ3n) is 2.97. The molecule has 1 nitrogen and oxygen atoms in total. The minimum absolute atomic E-state index is 0.298. The number of halogens is 2. The summed E-state index contributed by atoms with van der Waals surface area (Å²) in [5, 5.41) is 0. The van der Waals surface area contributed by atoms with E-state index in [4.69, 9.17) is 0 Å². The SMILES string of the molecule is CCCC[NH+](CCCC)c1cc(F)ccc1F. The molecule has 0 heterocycles. The number of rotatable bonds is 7. The molecule has 0 aromatic heterocycles. The molecule has 0 saturated carbocycles. The molecule has 0 aliphatic rings. The molecule has 1 aromatic rings. The van der Waals surface area contributed by atoms with Crippen molar-refractivity contribution in [3.05, 3.63) is 29.8 Å². The Bertz CT molecular complexity index is 331. The second kappa shape index (κ2) is 7.38. The topological polar surface area (TPSA) is 4.44 Å². The lowest BCUT2D eigenvalue weighted by Crippen LogP contribution is -3.07. The highest BCUT2D eigenvalue weighted by Gasteiger charge is 2.17. The van der Waals surface area contributed by atoms with Gasteiger partial charge in [-0.15, -0.1) is 0 Å². The smallest absolute Gasteiger partial charge is 0.183 e. The third-order valence-corrected chi connectivity index (χ3v) is 2.97. The molecule has 17 heavy (non-hydrogen) atoms. The molecule has 0 bridgehead atoms. The van der Waals surface area contributed by atoms with Crippen LogP contribution in [0.3, 0.4) is 0 Å². The standard InChI is InChI=1S/C14H21F2N/c1-3-5-9-17(10-6-4-2)14-11-12(15)7-8-13(14)16/h7-8,11H,3-6,9-10H2,1-2H3/p+1. The Morgan fingerprint density at radius 1 is 1.00 bits per heavy atom. The van der Waals surface area contributed by atoms with Crippen LogP contribution in [0.2, 0.25) is 0 Å². The Balaban J connectivity index is 2.82. The highest BCUT2D eigenvalue weighted by atomic mass is 19.1. The van der Waals surface area contributed by atoms with Crippen molar-refractivity contribution in [2.45, 2.75) is 39.5 Å². The largest absolute Gasteiger partial charge is 0.300 e. The van der Waals surface area contributed by atoms with Crippen molar-refractivity contribution in [1.82, 2.24) is 0 Å². The molecule has 0 atom stereocenters. The lowest BCUT2D eigenvalue weighted by Gasteiger charge is -2.19. The molecule has 0 unspecified atom stereocenters. The van der Waals surface area contributed by atoms with Crippen LogP contribution in [0.25, 0.3) is 0 Å². The van der Waals surface area contributed by atoms with Crippen molar-refractivity contribution in [2.24, 2.45) is 0 Å². The molecule has 0 aliphatic carbocycles. The van der Waals surface area contributed by atoms with Gasteiger partial charge in [0.05, 0.1) is 13.1 Å². The van der Waals surface area contributed by atoms with Crippen molar-refractivity contribution in [2.75, 3.05) is 13.1 Å². The number of benzene rings is 1. The van der Waals surface area contributed by atoms with Gasteiger partial charge in [-0.1, -0.05) is 26.7 Å². The molecular formula is C14H22F2N+. The van der Waals surface area contributed by atoms with Gasteiger partial charge in [0.1, 0.15) is 5.82 Å². The van der Waals surface area contributed by atoms with Gasteiger partial charge in [0.15, 0.2) is 11.5 Å². The summed E-state index contributed by atoms with van der Waals surface area (Å²) in [7, 11) is 0. The van der Waals surface area contributed by atoms with E-state index in [0.29, 0.717) is 5.69 Å². The molecule has 0 aliphatic heterocycles. The second-order valence-electron chi connectivity index (χ2n) is 4.43. The van der Waals surface area contributed by atoms with E-state index in [1.54, 1.807) is 0 Å². The first-order valence-electron chi connectivity index (χ1n) is 6.49. The molecule has 0 fully saturated rings. The average molecular weight is 242 g/mol. The third kappa shape index (κ3) is 4.43. The fraction of sp³-hybridized carbons (Fsp3) is 0.571. The summed E-state index contributed by atoms with van der Waals surface area (Å²) in [5.41, 5.74) is 0.479. The van der Waals surface area contributed by atoms with Gasteiger partial charge in [-0.2, -0.15) is 0 Å². The zero-order chi connectivity index (χ0) is 12.7. The zero-order valence-electron chi connectivity index (χ0n) is 10.7. The van der Waals surface area contributed by atoms with E-state index in [2.05, 4.69) is 13.8 Å². The van der Waals surface area contributed by atoms with E-state index in [-0.39, 0.29) is 11.6 Å². The van der Waals surface area contributed by atoms with Crippen LogP contribution in [0.5, 0.6) is 0 Å². The maximum atomic E-state index is 13.7. The van der Waals surface area contributed by atoms with Gasteiger partial charge in [-0.25, -0.2) is 8.78 Å². The molecule has 0 spiro atoms. The molecular weight excluding hydrogens is 220 g/mol. The molecule has 3 heteroatoms. The van der Waals surface area contributed by atoms with E-state index < -0.39 is 0 Å². The summed E-state index contributed by atoms with van der Waals surface area (Å²) in [5.74, 6) is -0.652. The predicted octanol–water partition coefficient (Wildman–Crippen LogP) is 3.08. The Hall–Kier alpha value is -0.960. The minimum atomic E-state index is -0.355. The van der Waals surface area contributed by atoms with Gasteiger partial charge >= 0.3 is 0 Å². The Kier molecular flexibility index (Phi) is 6.12. The molecule has 1 N–H and O–H groups in total. The van der Waals surface area contributed by atoms with Gasteiger partial charge in [0, 0.05) is 6.07 Å². The van der Waals surface area contributed by atoms with Gasteiger partial charge < -0.3 is 0 Å². The quantitative estimate of drug-likeness (QED) is 0.749. The van der Waals surface area contributed by atoms with Crippen LogP contribution < -0.4 is 4.90 Å². The normalized spacial score (nSPS) is 11.1. The summed E-state index contributed by atoms with van der Waals surface area (Å²) in [6, 6.07) is 3.73. The van der Waals surface area contributed by atoms with Crippen molar-refractivity contribution in [3.8, 4) is 0 Å². The van der Waals surface area contributed by atoms with E-state index >= 15 is 0 Å². The van der Waals surface area contributed by atoms with Crippen LogP contribution in [-0.2, 0) is 0 Å². The fourth-order valence-corrected chi connectivity index (χ4v) is 1.94. The van der Waals surface area contributed by atoms with E-state index in [1.165, 1.54) is 18.2 Å². The van der Waals surface area contributed by atoms with E-state index in [9.17, 15) is 8.78 Å². The van der Waals surface area contributed by atoms with Crippen LogP contribution >= 0.6 is 0 Å². The number of hydrogen-bond acceptors (Lipinski definition) is 0. The van der Waals surface area contributed by atoms with Gasteiger partial charge in [0.25, 0.3) is 0 Å². The van der Waals surface area contributed by atoms with Crippen LogP contribution in [0.4, 0.5) is 14.5 Å². The predicted molar refractivity (Wildman–Crippen MR) is 66.5 cm³/mol. The van der Waals surface area contributed by atoms with Crippen molar-refractivity contribution in [3.63, 3.8) is 0 Å². The van der Waals surface area contributed by atoms with Crippen LogP contribution in [0.15, 0.2) is 18.2 Å². The van der Waals surface area contributed by atoms with E-state index in [1.807, 2.05) is 0 Å². The maximum Gasteiger partial charge on any atom is 0.183 e. The number of unbranched alkanes of at least 4 members (excludes halogenated alkanes) is 2. The van der Waals surface area contributed by atoms with Gasteiger partial charge in [0.2, 0.25) is 0 Å². The molecule has 1 rings (SSSR count). The monoisotopic (exact) mass is 242 g/mol. The highest BCUT2D eigenvalue weighted by molar-refractivity contribution is 5.31.